The lowest BCUT2D eigenvalue weighted by Gasteiger charge is -2.37. The smallest absolute Gasteiger partial charge is 0.272 e. The third-order valence-corrected chi connectivity index (χ3v) is 6.82. The van der Waals surface area contributed by atoms with Gasteiger partial charge in [0.25, 0.3) is 5.91 Å². The van der Waals surface area contributed by atoms with E-state index in [0.29, 0.717) is 52.0 Å². The lowest BCUT2D eigenvalue weighted by Crippen LogP contribution is -2.53. The highest BCUT2D eigenvalue weighted by atomic mass is 16.7. The van der Waals surface area contributed by atoms with Crippen LogP contribution in [0.3, 0.4) is 0 Å². The highest BCUT2D eigenvalue weighted by Crippen LogP contribution is 2.33. The number of hydroxylamine groups is 1. The van der Waals surface area contributed by atoms with Gasteiger partial charge in [0.15, 0.2) is 11.5 Å². The first-order valence-electron chi connectivity index (χ1n) is 12.7. The minimum absolute atomic E-state index is 0.237. The summed E-state index contributed by atoms with van der Waals surface area (Å²) in [5.41, 5.74) is 3.66. The number of fused-ring (bicyclic) bond motifs is 1. The molecular formula is C27H35N3O7. The summed E-state index contributed by atoms with van der Waals surface area (Å²) in [4.78, 5) is 29.3. The molecule has 2 aliphatic heterocycles. The van der Waals surface area contributed by atoms with Gasteiger partial charge in [-0.2, -0.15) is 0 Å². The number of aliphatic hydroxyl groups excluding tert-OH is 1. The van der Waals surface area contributed by atoms with Crippen molar-refractivity contribution in [2.45, 2.75) is 38.8 Å². The van der Waals surface area contributed by atoms with Crippen molar-refractivity contribution in [1.82, 2.24) is 15.3 Å². The van der Waals surface area contributed by atoms with Gasteiger partial charge in [-0.25, -0.2) is 5.48 Å². The number of amides is 2. The molecule has 2 heterocycles. The summed E-state index contributed by atoms with van der Waals surface area (Å²) >= 11 is 0. The molecule has 0 aromatic heterocycles. The van der Waals surface area contributed by atoms with Crippen LogP contribution in [0.5, 0.6) is 17.2 Å². The Kier molecular flexibility index (Phi) is 9.21. The second-order valence-electron chi connectivity index (χ2n) is 9.29. The van der Waals surface area contributed by atoms with Crippen molar-refractivity contribution in [1.29, 1.82) is 0 Å². The van der Waals surface area contributed by atoms with E-state index in [1.54, 1.807) is 4.90 Å². The van der Waals surface area contributed by atoms with Crippen LogP contribution < -0.4 is 19.7 Å². The van der Waals surface area contributed by atoms with Gasteiger partial charge >= 0.3 is 0 Å². The molecule has 3 N–H and O–H groups in total. The van der Waals surface area contributed by atoms with Gasteiger partial charge in [0.1, 0.15) is 11.9 Å². The van der Waals surface area contributed by atoms with Crippen molar-refractivity contribution in [3.8, 4) is 17.2 Å². The summed E-state index contributed by atoms with van der Waals surface area (Å²) in [5.74, 6) is 0.113. The van der Waals surface area contributed by atoms with Crippen molar-refractivity contribution in [3.63, 3.8) is 0 Å². The van der Waals surface area contributed by atoms with Crippen LogP contribution in [-0.4, -0.2) is 77.6 Å². The standard InChI is InChI=1S/C27H35N3O7/c1-2-35-21-9-6-19(7-10-21)4-3-5-22(25(31)26(32)28-34)27(33)30-14-12-29(13-15-30)17-20-8-11-23-24(16-20)37-18-36-23/h6-11,16,22,25,31,34H,2-5,12-15,17-18H2,1H3,(H,28,32)/t22-,25+/m1/s1. The molecule has 2 amide bonds. The number of hydrogen-bond donors (Lipinski definition) is 3. The topological polar surface area (TPSA) is 121 Å². The molecule has 0 unspecified atom stereocenters. The van der Waals surface area contributed by atoms with Crippen LogP contribution in [0.4, 0.5) is 0 Å². The monoisotopic (exact) mass is 513 g/mol. The summed E-state index contributed by atoms with van der Waals surface area (Å²) in [5, 5.41) is 19.6. The second kappa shape index (κ2) is 12.8. The molecule has 0 spiro atoms. The van der Waals surface area contributed by atoms with Gasteiger partial charge in [-0.15, -0.1) is 0 Å². The minimum Gasteiger partial charge on any atom is -0.494 e. The number of hydrogen-bond acceptors (Lipinski definition) is 8. The molecule has 0 aliphatic carbocycles. The Balaban J connectivity index is 1.31. The second-order valence-corrected chi connectivity index (χ2v) is 9.29. The third-order valence-electron chi connectivity index (χ3n) is 6.82. The van der Waals surface area contributed by atoms with E-state index in [4.69, 9.17) is 19.4 Å². The lowest BCUT2D eigenvalue weighted by atomic mass is 9.92. The van der Waals surface area contributed by atoms with Crippen LogP contribution >= 0.6 is 0 Å². The van der Waals surface area contributed by atoms with Gasteiger partial charge < -0.3 is 24.2 Å². The van der Waals surface area contributed by atoms with Gasteiger partial charge in [0.2, 0.25) is 12.7 Å². The number of benzene rings is 2. The van der Waals surface area contributed by atoms with Crippen LogP contribution in [0.15, 0.2) is 42.5 Å². The zero-order chi connectivity index (χ0) is 26.2. The highest BCUT2D eigenvalue weighted by Gasteiger charge is 2.35. The fourth-order valence-corrected chi connectivity index (χ4v) is 4.77. The van der Waals surface area contributed by atoms with Gasteiger partial charge in [-0.05, 0) is 61.6 Å². The summed E-state index contributed by atoms with van der Waals surface area (Å²) < 4.78 is 16.3. The summed E-state index contributed by atoms with van der Waals surface area (Å²) in [6.07, 6.45) is -0.0145. The molecule has 1 fully saturated rings. The van der Waals surface area contributed by atoms with E-state index in [0.717, 1.165) is 34.9 Å². The van der Waals surface area contributed by atoms with Crippen molar-refractivity contribution < 1.29 is 34.1 Å². The number of rotatable bonds is 11. The molecular weight excluding hydrogens is 478 g/mol. The molecule has 200 valence electrons. The maximum absolute atomic E-state index is 13.4. The summed E-state index contributed by atoms with van der Waals surface area (Å²) in [6, 6.07) is 13.6. The van der Waals surface area contributed by atoms with Crippen LogP contribution in [0.1, 0.15) is 30.9 Å². The Bertz CT molecular complexity index is 1050. The molecule has 0 bridgehead atoms. The zero-order valence-corrected chi connectivity index (χ0v) is 21.1. The number of aliphatic hydroxyl groups is 1. The SMILES string of the molecule is CCOc1ccc(CCC[C@@H](C(=O)N2CCN(Cc3ccc4c(c3)OCO4)CC2)[C@H](O)C(=O)NO)cc1. The van der Waals surface area contributed by atoms with Crippen LogP contribution in [-0.2, 0) is 22.6 Å². The van der Waals surface area contributed by atoms with E-state index in [1.165, 1.54) is 5.48 Å². The molecule has 2 aromatic carbocycles. The molecule has 2 atom stereocenters. The van der Waals surface area contributed by atoms with Crippen molar-refractivity contribution >= 4 is 11.8 Å². The van der Waals surface area contributed by atoms with E-state index in [-0.39, 0.29) is 12.7 Å². The van der Waals surface area contributed by atoms with Crippen molar-refractivity contribution in [2.24, 2.45) is 5.92 Å². The van der Waals surface area contributed by atoms with Crippen LogP contribution in [0, 0.1) is 5.92 Å². The van der Waals surface area contributed by atoms with Crippen molar-refractivity contribution in [2.75, 3.05) is 39.6 Å². The van der Waals surface area contributed by atoms with Gasteiger partial charge in [-0.1, -0.05) is 18.2 Å². The molecule has 2 aromatic rings. The minimum atomic E-state index is -1.62. The fraction of sp³-hybridized carbons (Fsp3) is 0.481. The number of ether oxygens (including phenoxy) is 3. The number of carbonyl (C=O) groups excluding carboxylic acids is 2. The Morgan fingerprint density at radius 1 is 1.03 bits per heavy atom. The number of nitrogens with one attached hydrogen (secondary N) is 1. The van der Waals surface area contributed by atoms with Gasteiger partial charge in [0.05, 0.1) is 12.5 Å². The normalized spacial score (nSPS) is 16.8. The molecule has 37 heavy (non-hydrogen) atoms. The lowest BCUT2D eigenvalue weighted by molar-refractivity contribution is -0.151. The Morgan fingerprint density at radius 3 is 2.43 bits per heavy atom. The number of nitrogens with zero attached hydrogens (tertiary/aromatic N) is 2. The average molecular weight is 514 g/mol. The molecule has 10 nitrogen and oxygen atoms in total. The average Bonchev–Trinajstić information content (AvgIpc) is 3.39. The molecule has 1 saturated heterocycles. The molecule has 0 radical (unpaired) electrons. The number of aryl methyl sites for hydroxylation is 1. The number of carbonyl (C=O) groups is 2. The first-order valence-corrected chi connectivity index (χ1v) is 12.7. The maximum Gasteiger partial charge on any atom is 0.272 e. The summed E-state index contributed by atoms with van der Waals surface area (Å²) in [6.45, 7) is 5.81. The first kappa shape index (κ1) is 26.7. The zero-order valence-electron chi connectivity index (χ0n) is 21.1. The predicted molar refractivity (Wildman–Crippen MR) is 134 cm³/mol. The Hall–Kier alpha value is -3.34. The largest absolute Gasteiger partial charge is 0.494 e. The molecule has 4 rings (SSSR count). The van der Waals surface area contributed by atoms with Crippen molar-refractivity contribution in [3.05, 3.63) is 53.6 Å². The maximum atomic E-state index is 13.4. The Morgan fingerprint density at radius 2 is 1.73 bits per heavy atom. The fourth-order valence-electron chi connectivity index (χ4n) is 4.77. The van der Waals surface area contributed by atoms with E-state index in [2.05, 4.69) is 4.90 Å². The number of piperazine rings is 1. The third kappa shape index (κ3) is 6.91. The molecule has 10 heteroatoms. The highest BCUT2D eigenvalue weighted by molar-refractivity contribution is 5.88. The van der Waals surface area contributed by atoms with E-state index >= 15 is 0 Å². The van der Waals surface area contributed by atoms with Crippen LogP contribution in [0.2, 0.25) is 0 Å². The van der Waals surface area contributed by atoms with Gasteiger partial charge in [0, 0.05) is 32.7 Å². The van der Waals surface area contributed by atoms with E-state index in [9.17, 15) is 14.7 Å². The quantitative estimate of drug-likeness (QED) is 0.308. The van der Waals surface area contributed by atoms with E-state index in [1.807, 2.05) is 49.4 Å². The van der Waals surface area contributed by atoms with Crippen LogP contribution in [0.25, 0.3) is 0 Å². The van der Waals surface area contributed by atoms with Gasteiger partial charge in [-0.3, -0.25) is 19.7 Å². The summed E-state index contributed by atoms with van der Waals surface area (Å²) in [7, 11) is 0. The Labute approximate surface area is 216 Å². The molecule has 2 aliphatic rings. The predicted octanol–water partition coefficient (Wildman–Crippen LogP) is 1.96. The molecule has 0 saturated carbocycles. The first-order chi connectivity index (χ1) is 18.0. The van der Waals surface area contributed by atoms with E-state index < -0.39 is 17.9 Å².